The number of hydrogen-bond acceptors (Lipinski definition) is 3. The molecule has 0 radical (unpaired) electrons. The molecular weight excluding hydrogens is 321 g/mol. The second kappa shape index (κ2) is 6.61. The van der Waals surface area contributed by atoms with Crippen molar-refractivity contribution in [2.45, 2.75) is 19.4 Å². The summed E-state index contributed by atoms with van der Waals surface area (Å²) in [4.78, 5) is 11.9. The van der Waals surface area contributed by atoms with E-state index in [1.807, 2.05) is 0 Å². The molecule has 0 aliphatic heterocycles. The molecule has 18 heavy (non-hydrogen) atoms. The summed E-state index contributed by atoms with van der Waals surface area (Å²) in [7, 11) is 0. The van der Waals surface area contributed by atoms with Crippen LogP contribution in [0.1, 0.15) is 23.7 Å². The van der Waals surface area contributed by atoms with Crippen molar-refractivity contribution in [3.8, 4) is 0 Å². The molecule has 0 fully saturated rings. The Morgan fingerprint density at radius 1 is 1.67 bits per heavy atom. The lowest BCUT2D eigenvalue weighted by atomic mass is 10.1. The van der Waals surface area contributed by atoms with Gasteiger partial charge in [-0.25, -0.2) is 0 Å². The van der Waals surface area contributed by atoms with Crippen LogP contribution in [0, 0.1) is 0 Å². The highest BCUT2D eigenvalue weighted by Gasteiger charge is 2.14. The number of amides is 1. The zero-order valence-electron chi connectivity index (χ0n) is 9.65. The van der Waals surface area contributed by atoms with Gasteiger partial charge in [-0.1, -0.05) is 32.7 Å². The molecule has 0 aromatic heterocycles. The Labute approximate surface area is 118 Å². The SMILES string of the molecule is CC(CC(N)=NO)NC(=O)c1cc(Br)ccc1Cl. The van der Waals surface area contributed by atoms with Crippen molar-refractivity contribution in [1.82, 2.24) is 5.32 Å². The van der Waals surface area contributed by atoms with E-state index in [-0.39, 0.29) is 24.2 Å². The molecule has 0 aliphatic carbocycles. The van der Waals surface area contributed by atoms with Gasteiger partial charge in [0.15, 0.2) is 0 Å². The lowest BCUT2D eigenvalue weighted by Crippen LogP contribution is -2.35. The first-order chi connectivity index (χ1) is 8.43. The van der Waals surface area contributed by atoms with Crippen molar-refractivity contribution in [1.29, 1.82) is 0 Å². The molecule has 1 atom stereocenters. The molecule has 1 aromatic rings. The number of carbonyl (C=O) groups is 1. The van der Waals surface area contributed by atoms with Crippen LogP contribution in [0.25, 0.3) is 0 Å². The number of benzene rings is 1. The van der Waals surface area contributed by atoms with Gasteiger partial charge in [0.1, 0.15) is 5.84 Å². The first-order valence-electron chi connectivity index (χ1n) is 5.16. The molecule has 0 aliphatic rings. The highest BCUT2D eigenvalue weighted by atomic mass is 79.9. The quantitative estimate of drug-likeness (QED) is 0.342. The molecule has 0 saturated carbocycles. The average molecular weight is 335 g/mol. The summed E-state index contributed by atoms with van der Waals surface area (Å²) >= 11 is 9.21. The molecule has 4 N–H and O–H groups in total. The number of amidine groups is 1. The van der Waals surface area contributed by atoms with Gasteiger partial charge in [-0.15, -0.1) is 0 Å². The third kappa shape index (κ3) is 4.19. The van der Waals surface area contributed by atoms with E-state index in [0.29, 0.717) is 10.6 Å². The van der Waals surface area contributed by atoms with Crippen molar-refractivity contribution in [3.63, 3.8) is 0 Å². The fourth-order valence-corrected chi connectivity index (χ4v) is 1.94. The lowest BCUT2D eigenvalue weighted by molar-refractivity contribution is 0.0941. The summed E-state index contributed by atoms with van der Waals surface area (Å²) < 4.78 is 0.765. The third-order valence-electron chi connectivity index (χ3n) is 2.19. The Bertz CT molecular complexity index is 479. The number of halogens is 2. The fraction of sp³-hybridized carbons (Fsp3) is 0.273. The van der Waals surface area contributed by atoms with E-state index in [0.717, 1.165) is 4.47 Å². The van der Waals surface area contributed by atoms with Gasteiger partial charge in [0.25, 0.3) is 5.91 Å². The zero-order chi connectivity index (χ0) is 13.7. The first-order valence-corrected chi connectivity index (χ1v) is 6.33. The van der Waals surface area contributed by atoms with Crippen molar-refractivity contribution in [2.75, 3.05) is 0 Å². The van der Waals surface area contributed by atoms with Crippen LogP contribution < -0.4 is 11.1 Å². The minimum Gasteiger partial charge on any atom is -0.409 e. The molecule has 1 rings (SSSR count). The lowest BCUT2D eigenvalue weighted by Gasteiger charge is -2.13. The predicted octanol–water partition coefficient (Wildman–Crippen LogP) is 2.36. The number of rotatable bonds is 4. The van der Waals surface area contributed by atoms with E-state index in [2.05, 4.69) is 26.4 Å². The Morgan fingerprint density at radius 2 is 2.33 bits per heavy atom. The van der Waals surface area contributed by atoms with Crippen LogP contribution in [-0.4, -0.2) is 23.0 Å². The van der Waals surface area contributed by atoms with Crippen LogP contribution in [0.4, 0.5) is 0 Å². The first kappa shape index (κ1) is 14.8. The molecule has 0 saturated heterocycles. The second-order valence-corrected chi connectivity index (χ2v) is 5.12. The Balaban J connectivity index is 2.73. The third-order valence-corrected chi connectivity index (χ3v) is 3.02. The van der Waals surface area contributed by atoms with Gasteiger partial charge >= 0.3 is 0 Å². The van der Waals surface area contributed by atoms with Crippen molar-refractivity contribution >= 4 is 39.3 Å². The van der Waals surface area contributed by atoms with Gasteiger partial charge in [0.2, 0.25) is 0 Å². The molecule has 98 valence electrons. The standard InChI is InChI=1S/C11H13BrClN3O2/c1-6(4-10(14)16-18)15-11(17)8-5-7(12)2-3-9(8)13/h2-3,5-6,18H,4H2,1H3,(H2,14,16)(H,15,17). The molecule has 0 spiro atoms. The number of oxime groups is 1. The van der Waals surface area contributed by atoms with Gasteiger partial charge < -0.3 is 16.3 Å². The highest BCUT2D eigenvalue weighted by molar-refractivity contribution is 9.10. The van der Waals surface area contributed by atoms with Crippen molar-refractivity contribution in [3.05, 3.63) is 33.3 Å². The van der Waals surface area contributed by atoms with Gasteiger partial charge in [0, 0.05) is 16.9 Å². The molecule has 0 heterocycles. The largest absolute Gasteiger partial charge is 0.409 e. The van der Waals surface area contributed by atoms with Crippen molar-refractivity contribution < 1.29 is 10.0 Å². The van der Waals surface area contributed by atoms with Gasteiger partial charge in [-0.05, 0) is 25.1 Å². The normalized spacial score (nSPS) is 13.2. The Hall–Kier alpha value is -1.27. The number of nitrogens with two attached hydrogens (primary N) is 1. The van der Waals surface area contributed by atoms with Crippen LogP contribution >= 0.6 is 27.5 Å². The minimum absolute atomic E-state index is 0.0585. The summed E-state index contributed by atoms with van der Waals surface area (Å²) in [6.45, 7) is 1.75. The maximum atomic E-state index is 11.9. The second-order valence-electron chi connectivity index (χ2n) is 3.79. The zero-order valence-corrected chi connectivity index (χ0v) is 12.0. The van der Waals surface area contributed by atoms with Crippen LogP contribution in [0.3, 0.4) is 0 Å². The van der Waals surface area contributed by atoms with Crippen LogP contribution in [0.5, 0.6) is 0 Å². The van der Waals surface area contributed by atoms with E-state index in [1.165, 1.54) is 0 Å². The van der Waals surface area contributed by atoms with Gasteiger partial charge in [-0.2, -0.15) is 0 Å². The van der Waals surface area contributed by atoms with Crippen LogP contribution in [0.2, 0.25) is 5.02 Å². The van der Waals surface area contributed by atoms with Crippen LogP contribution in [-0.2, 0) is 0 Å². The van der Waals surface area contributed by atoms with Crippen molar-refractivity contribution in [2.24, 2.45) is 10.9 Å². The molecule has 5 nitrogen and oxygen atoms in total. The molecule has 0 bridgehead atoms. The summed E-state index contributed by atoms with van der Waals surface area (Å²) in [5.41, 5.74) is 5.73. The monoisotopic (exact) mass is 333 g/mol. The summed E-state index contributed by atoms with van der Waals surface area (Å²) in [6.07, 6.45) is 0.258. The minimum atomic E-state index is -0.306. The smallest absolute Gasteiger partial charge is 0.253 e. The highest BCUT2D eigenvalue weighted by Crippen LogP contribution is 2.21. The number of carbonyl (C=O) groups excluding carboxylic acids is 1. The molecule has 7 heteroatoms. The maximum Gasteiger partial charge on any atom is 0.253 e. The summed E-state index contributed by atoms with van der Waals surface area (Å²) in [6, 6.07) is 4.75. The average Bonchev–Trinajstić information content (AvgIpc) is 2.31. The van der Waals surface area contributed by atoms with Crippen LogP contribution in [0.15, 0.2) is 27.8 Å². The summed E-state index contributed by atoms with van der Waals surface area (Å²) in [5, 5.41) is 14.4. The van der Waals surface area contributed by atoms with Gasteiger partial charge in [-0.3, -0.25) is 4.79 Å². The van der Waals surface area contributed by atoms with Gasteiger partial charge in [0.05, 0.1) is 10.6 Å². The maximum absolute atomic E-state index is 11.9. The molecular formula is C11H13BrClN3O2. The van der Waals surface area contributed by atoms with E-state index < -0.39 is 0 Å². The molecule has 1 unspecified atom stereocenters. The number of nitrogens with one attached hydrogen (secondary N) is 1. The summed E-state index contributed by atoms with van der Waals surface area (Å²) in [5.74, 6) is -0.248. The molecule has 1 amide bonds. The van der Waals surface area contributed by atoms with E-state index in [1.54, 1.807) is 25.1 Å². The fourth-order valence-electron chi connectivity index (χ4n) is 1.38. The molecule has 1 aromatic carbocycles. The number of nitrogens with zero attached hydrogens (tertiary/aromatic N) is 1. The topological polar surface area (TPSA) is 87.7 Å². The number of hydrogen-bond donors (Lipinski definition) is 3. The Kier molecular flexibility index (Phi) is 5.43. The van der Waals surface area contributed by atoms with E-state index in [9.17, 15) is 4.79 Å². The van der Waals surface area contributed by atoms with E-state index in [4.69, 9.17) is 22.5 Å². The predicted molar refractivity (Wildman–Crippen MR) is 74.1 cm³/mol. The van der Waals surface area contributed by atoms with E-state index >= 15 is 0 Å². The Morgan fingerprint density at radius 3 is 2.94 bits per heavy atom.